The summed E-state index contributed by atoms with van der Waals surface area (Å²) in [5, 5.41) is 0. The number of carbonyl (C=O) groups is 2. The fraction of sp³-hybridized carbons (Fsp3) is 0.500. The molecule has 0 saturated heterocycles. The molecule has 24 heavy (non-hydrogen) atoms. The summed E-state index contributed by atoms with van der Waals surface area (Å²) in [5.41, 5.74) is -0.466. The molecule has 0 unspecified atom stereocenters. The first-order valence-electron chi connectivity index (χ1n) is 8.14. The van der Waals surface area contributed by atoms with Crippen molar-refractivity contribution in [1.82, 2.24) is 0 Å². The number of benzene rings is 1. The summed E-state index contributed by atoms with van der Waals surface area (Å²) in [7, 11) is 0. The topological polar surface area (TPSA) is 52.6 Å². The summed E-state index contributed by atoms with van der Waals surface area (Å²) in [5.74, 6) is -1.77. The molecule has 0 N–H and O–H groups in total. The van der Waals surface area contributed by atoms with E-state index in [2.05, 4.69) is 0 Å². The van der Waals surface area contributed by atoms with E-state index in [1.165, 1.54) is 0 Å². The van der Waals surface area contributed by atoms with Crippen LogP contribution in [-0.2, 0) is 24.8 Å². The molecule has 1 aliphatic heterocycles. The zero-order valence-electron chi connectivity index (χ0n) is 15.5. The Bertz CT molecular complexity index is 687. The Morgan fingerprint density at radius 3 is 1.96 bits per heavy atom. The normalized spacial score (nSPS) is 22.0. The number of rotatable bonds is 2. The van der Waals surface area contributed by atoms with Crippen LogP contribution in [0.25, 0.3) is 0 Å². The maximum Gasteiger partial charge on any atom is 0.348 e. The van der Waals surface area contributed by atoms with Gasteiger partial charge < -0.3 is 9.47 Å². The first kappa shape index (κ1) is 18.2. The zero-order valence-corrected chi connectivity index (χ0v) is 15.5. The summed E-state index contributed by atoms with van der Waals surface area (Å²) in [6, 6.07) is 9.27. The van der Waals surface area contributed by atoms with Crippen molar-refractivity contribution in [2.24, 2.45) is 10.8 Å². The van der Waals surface area contributed by atoms with Gasteiger partial charge >= 0.3 is 5.97 Å². The number of ether oxygens (including phenoxy) is 2. The van der Waals surface area contributed by atoms with Crippen molar-refractivity contribution in [3.63, 3.8) is 0 Å². The second kappa shape index (κ2) is 5.76. The molecule has 0 radical (unpaired) electrons. The molecule has 0 spiro atoms. The standard InChI is InChI=1S/C20H26O4/c1-18(2,3)15(21)14-16(19(4,5)6)23-20(7,24-17(14)22)13-11-9-8-10-12-13/h8-12H,1-7H3/t20-/m0/s1. The summed E-state index contributed by atoms with van der Waals surface area (Å²) < 4.78 is 11.7. The summed E-state index contributed by atoms with van der Waals surface area (Å²) in [6.45, 7) is 12.8. The van der Waals surface area contributed by atoms with Crippen molar-refractivity contribution < 1.29 is 19.1 Å². The Balaban J connectivity index is 2.61. The zero-order chi connectivity index (χ0) is 18.3. The van der Waals surface area contributed by atoms with Crippen molar-refractivity contribution in [1.29, 1.82) is 0 Å². The van der Waals surface area contributed by atoms with Crippen LogP contribution in [0.2, 0.25) is 0 Å². The number of ketones is 1. The van der Waals surface area contributed by atoms with Gasteiger partial charge in [-0.1, -0.05) is 71.9 Å². The lowest BCUT2D eigenvalue weighted by Gasteiger charge is -2.40. The molecule has 4 nitrogen and oxygen atoms in total. The van der Waals surface area contributed by atoms with Gasteiger partial charge in [0.1, 0.15) is 11.3 Å². The fourth-order valence-corrected chi connectivity index (χ4v) is 2.54. The highest BCUT2D eigenvalue weighted by molar-refractivity contribution is 6.20. The second-order valence-electron chi connectivity index (χ2n) is 8.34. The SMILES string of the molecule is CC(C)(C)C(=O)C1=C(C(C)(C)C)O[C@](C)(c2ccccc2)OC1=O. The lowest BCUT2D eigenvalue weighted by atomic mass is 9.81. The fourth-order valence-electron chi connectivity index (χ4n) is 2.54. The average Bonchev–Trinajstić information content (AvgIpc) is 2.45. The number of carbonyl (C=O) groups excluding carboxylic acids is 2. The van der Waals surface area contributed by atoms with E-state index in [0.717, 1.165) is 5.56 Å². The lowest BCUT2D eigenvalue weighted by molar-refractivity contribution is -0.227. The third-order valence-electron chi connectivity index (χ3n) is 3.90. The molecule has 0 bridgehead atoms. The molecule has 0 fully saturated rings. The minimum absolute atomic E-state index is 0.0170. The van der Waals surface area contributed by atoms with Gasteiger partial charge in [0.15, 0.2) is 5.78 Å². The predicted octanol–water partition coefficient (Wildman–Crippen LogP) is 4.35. The van der Waals surface area contributed by atoms with Gasteiger partial charge in [-0.2, -0.15) is 0 Å². The quantitative estimate of drug-likeness (QED) is 0.597. The van der Waals surface area contributed by atoms with Gasteiger partial charge in [-0.05, 0) is 0 Å². The van der Waals surface area contributed by atoms with Crippen LogP contribution in [0.4, 0.5) is 0 Å². The highest BCUT2D eigenvalue weighted by Crippen LogP contribution is 2.43. The third kappa shape index (κ3) is 3.37. The van der Waals surface area contributed by atoms with Crippen molar-refractivity contribution >= 4 is 11.8 Å². The van der Waals surface area contributed by atoms with Crippen LogP contribution in [0.15, 0.2) is 41.7 Å². The largest absolute Gasteiger partial charge is 0.451 e. The van der Waals surface area contributed by atoms with Crippen molar-refractivity contribution in [3.8, 4) is 0 Å². The minimum atomic E-state index is -1.25. The number of Topliss-reactive ketones (excluding diaryl/α,β-unsaturated/α-hetero) is 1. The maximum absolute atomic E-state index is 12.8. The van der Waals surface area contributed by atoms with Crippen LogP contribution in [0.5, 0.6) is 0 Å². The monoisotopic (exact) mass is 330 g/mol. The first-order chi connectivity index (χ1) is 10.9. The minimum Gasteiger partial charge on any atom is -0.451 e. The van der Waals surface area contributed by atoms with E-state index in [1.54, 1.807) is 27.7 Å². The smallest absolute Gasteiger partial charge is 0.348 e. The van der Waals surface area contributed by atoms with Crippen LogP contribution in [-0.4, -0.2) is 11.8 Å². The van der Waals surface area contributed by atoms with E-state index in [4.69, 9.17) is 9.47 Å². The number of hydrogen-bond acceptors (Lipinski definition) is 4. The van der Waals surface area contributed by atoms with Crippen molar-refractivity contribution in [2.45, 2.75) is 54.3 Å². The van der Waals surface area contributed by atoms with Crippen molar-refractivity contribution in [2.75, 3.05) is 0 Å². The van der Waals surface area contributed by atoms with Gasteiger partial charge in [0, 0.05) is 23.3 Å². The molecule has 0 aliphatic carbocycles. The Kier molecular flexibility index (Phi) is 4.38. The van der Waals surface area contributed by atoms with E-state index in [0.29, 0.717) is 5.76 Å². The Morgan fingerprint density at radius 2 is 1.50 bits per heavy atom. The first-order valence-corrected chi connectivity index (χ1v) is 8.14. The Hall–Kier alpha value is -2.10. The second-order valence-corrected chi connectivity index (χ2v) is 8.34. The molecule has 1 atom stereocenters. The number of allylic oxidation sites excluding steroid dienone is 1. The molecule has 1 aliphatic rings. The van der Waals surface area contributed by atoms with E-state index in [1.807, 2.05) is 51.1 Å². The van der Waals surface area contributed by atoms with Crippen LogP contribution in [0.1, 0.15) is 54.0 Å². The number of cyclic esters (lactones) is 1. The summed E-state index contributed by atoms with van der Waals surface area (Å²) in [4.78, 5) is 25.5. The third-order valence-corrected chi connectivity index (χ3v) is 3.90. The molecule has 1 aromatic carbocycles. The van der Waals surface area contributed by atoms with Crippen LogP contribution in [0.3, 0.4) is 0 Å². The molecule has 0 amide bonds. The van der Waals surface area contributed by atoms with Crippen LogP contribution in [0, 0.1) is 10.8 Å². The summed E-state index contributed by atoms with van der Waals surface area (Å²) >= 11 is 0. The van der Waals surface area contributed by atoms with E-state index in [-0.39, 0.29) is 11.4 Å². The van der Waals surface area contributed by atoms with E-state index >= 15 is 0 Å². The number of esters is 1. The molecule has 2 rings (SSSR count). The molecule has 1 heterocycles. The van der Waals surface area contributed by atoms with Gasteiger partial charge in [0.2, 0.25) is 0 Å². The van der Waals surface area contributed by atoms with E-state index in [9.17, 15) is 9.59 Å². The predicted molar refractivity (Wildman–Crippen MR) is 91.9 cm³/mol. The van der Waals surface area contributed by atoms with Gasteiger partial charge in [0.05, 0.1) is 0 Å². The lowest BCUT2D eigenvalue weighted by Crippen LogP contribution is -2.43. The highest BCUT2D eigenvalue weighted by atomic mass is 16.7. The highest BCUT2D eigenvalue weighted by Gasteiger charge is 2.48. The van der Waals surface area contributed by atoms with Gasteiger partial charge in [-0.15, -0.1) is 0 Å². The molecule has 0 saturated carbocycles. The summed E-state index contributed by atoms with van der Waals surface area (Å²) in [6.07, 6.45) is 0. The van der Waals surface area contributed by atoms with Gasteiger partial charge in [-0.25, -0.2) is 4.79 Å². The Labute approximate surface area is 143 Å². The average molecular weight is 330 g/mol. The number of hydrogen-bond donors (Lipinski definition) is 0. The van der Waals surface area contributed by atoms with Crippen molar-refractivity contribution in [3.05, 3.63) is 47.2 Å². The molecule has 4 heteroatoms. The molecular weight excluding hydrogens is 304 g/mol. The van der Waals surface area contributed by atoms with E-state index < -0.39 is 22.6 Å². The van der Waals surface area contributed by atoms with Crippen LogP contribution >= 0.6 is 0 Å². The maximum atomic E-state index is 12.8. The molecule has 1 aromatic rings. The Morgan fingerprint density at radius 1 is 0.958 bits per heavy atom. The molecule has 0 aromatic heterocycles. The van der Waals surface area contributed by atoms with Crippen LogP contribution < -0.4 is 0 Å². The molecular formula is C20H26O4. The molecule has 130 valence electrons. The van der Waals surface area contributed by atoms with Gasteiger partial charge in [-0.3, -0.25) is 4.79 Å². The van der Waals surface area contributed by atoms with Gasteiger partial charge in [0.25, 0.3) is 5.79 Å².